The minimum Gasteiger partial charge on any atom is -0.337 e. The van der Waals surface area contributed by atoms with Crippen molar-refractivity contribution in [2.24, 2.45) is 0 Å². The van der Waals surface area contributed by atoms with Crippen molar-refractivity contribution < 1.29 is 0 Å². The van der Waals surface area contributed by atoms with Crippen LogP contribution < -0.4 is 4.90 Å². The Balaban J connectivity index is 1.83. The van der Waals surface area contributed by atoms with Crippen molar-refractivity contribution in [1.29, 1.82) is 0 Å². The Morgan fingerprint density at radius 2 is 1.30 bits per heavy atom. The summed E-state index contributed by atoms with van der Waals surface area (Å²) < 4.78 is 0. The normalized spacial score (nSPS) is 18.5. The van der Waals surface area contributed by atoms with Crippen LogP contribution in [-0.4, -0.2) is 6.04 Å². The van der Waals surface area contributed by atoms with Crippen LogP contribution in [0.2, 0.25) is 0 Å². The molecule has 1 aliphatic carbocycles. The van der Waals surface area contributed by atoms with Crippen molar-refractivity contribution >= 4 is 23.1 Å². The predicted molar refractivity (Wildman–Crippen MR) is 86.0 cm³/mol. The van der Waals surface area contributed by atoms with Crippen LogP contribution >= 0.6 is 11.8 Å². The summed E-state index contributed by atoms with van der Waals surface area (Å²) in [7, 11) is 0. The monoisotopic (exact) mass is 281 g/mol. The molecule has 2 aliphatic rings. The number of fused-ring (bicyclic) bond motifs is 2. The fraction of sp³-hybridized carbons (Fsp3) is 0.333. The molecule has 1 fully saturated rings. The van der Waals surface area contributed by atoms with E-state index in [0.717, 1.165) is 0 Å². The Kier molecular flexibility index (Phi) is 3.19. The minimum absolute atomic E-state index is 0.673. The maximum atomic E-state index is 2.61. The van der Waals surface area contributed by atoms with Gasteiger partial charge in [-0.1, -0.05) is 55.3 Å². The minimum atomic E-state index is 0.673. The summed E-state index contributed by atoms with van der Waals surface area (Å²) in [5, 5.41) is 0. The van der Waals surface area contributed by atoms with Crippen LogP contribution in [0, 0.1) is 0 Å². The van der Waals surface area contributed by atoms with Crippen LogP contribution in [0.25, 0.3) is 0 Å². The topological polar surface area (TPSA) is 3.24 Å². The van der Waals surface area contributed by atoms with Gasteiger partial charge < -0.3 is 4.90 Å². The Morgan fingerprint density at radius 3 is 1.90 bits per heavy atom. The van der Waals surface area contributed by atoms with Crippen molar-refractivity contribution in [3.05, 3.63) is 48.5 Å². The van der Waals surface area contributed by atoms with Crippen LogP contribution in [0.4, 0.5) is 11.4 Å². The van der Waals surface area contributed by atoms with Crippen LogP contribution in [0.15, 0.2) is 58.3 Å². The van der Waals surface area contributed by atoms with Crippen molar-refractivity contribution in [2.45, 2.75) is 47.9 Å². The number of hydrogen-bond acceptors (Lipinski definition) is 2. The summed E-state index contributed by atoms with van der Waals surface area (Å²) in [6.07, 6.45) is 6.81. The lowest BCUT2D eigenvalue weighted by Gasteiger charge is -2.40. The van der Waals surface area contributed by atoms with Gasteiger partial charge in [0.05, 0.1) is 11.4 Å². The van der Waals surface area contributed by atoms with Gasteiger partial charge in [0.1, 0.15) is 0 Å². The highest BCUT2D eigenvalue weighted by Gasteiger charge is 2.29. The zero-order valence-corrected chi connectivity index (χ0v) is 12.4. The van der Waals surface area contributed by atoms with Crippen LogP contribution in [0.1, 0.15) is 32.1 Å². The van der Waals surface area contributed by atoms with Crippen LogP contribution in [-0.2, 0) is 0 Å². The Bertz CT molecular complexity index is 571. The van der Waals surface area contributed by atoms with Gasteiger partial charge >= 0.3 is 0 Å². The number of hydrogen-bond donors (Lipinski definition) is 0. The molecule has 1 saturated carbocycles. The summed E-state index contributed by atoms with van der Waals surface area (Å²) in [5.41, 5.74) is 2.81. The molecule has 0 radical (unpaired) electrons. The molecule has 20 heavy (non-hydrogen) atoms. The molecule has 1 heterocycles. The molecule has 0 aromatic heterocycles. The van der Waals surface area contributed by atoms with Gasteiger partial charge in [-0.25, -0.2) is 0 Å². The van der Waals surface area contributed by atoms with Gasteiger partial charge in [-0.05, 0) is 37.1 Å². The van der Waals surface area contributed by atoms with E-state index in [1.165, 1.54) is 53.3 Å². The van der Waals surface area contributed by atoms with E-state index in [-0.39, 0.29) is 0 Å². The van der Waals surface area contributed by atoms with E-state index in [1.54, 1.807) is 0 Å². The van der Waals surface area contributed by atoms with Crippen molar-refractivity contribution in [2.75, 3.05) is 4.90 Å². The highest BCUT2D eigenvalue weighted by Crippen LogP contribution is 2.50. The number of rotatable bonds is 1. The second kappa shape index (κ2) is 5.17. The largest absolute Gasteiger partial charge is 0.337 e. The smallest absolute Gasteiger partial charge is 0.0555 e. The second-order valence-corrected chi connectivity index (χ2v) is 6.78. The molecule has 0 unspecified atom stereocenters. The first-order chi connectivity index (χ1) is 9.93. The van der Waals surface area contributed by atoms with E-state index in [4.69, 9.17) is 0 Å². The molecule has 0 atom stereocenters. The maximum Gasteiger partial charge on any atom is 0.0555 e. The van der Waals surface area contributed by atoms with Gasteiger partial charge in [0.2, 0.25) is 0 Å². The van der Waals surface area contributed by atoms with Crippen molar-refractivity contribution in [3.63, 3.8) is 0 Å². The van der Waals surface area contributed by atoms with Gasteiger partial charge in [0, 0.05) is 15.8 Å². The van der Waals surface area contributed by atoms with Crippen LogP contribution in [0.3, 0.4) is 0 Å². The third-order valence-corrected chi connectivity index (χ3v) is 5.54. The van der Waals surface area contributed by atoms with Crippen molar-refractivity contribution in [3.8, 4) is 0 Å². The summed E-state index contributed by atoms with van der Waals surface area (Å²) in [4.78, 5) is 5.41. The Hall–Kier alpha value is -1.41. The second-order valence-electron chi connectivity index (χ2n) is 5.70. The molecule has 1 aliphatic heterocycles. The lowest BCUT2D eigenvalue weighted by molar-refractivity contribution is 0.434. The van der Waals surface area contributed by atoms with E-state index in [1.807, 2.05) is 11.8 Å². The molecule has 2 aromatic rings. The summed E-state index contributed by atoms with van der Waals surface area (Å²) >= 11 is 1.91. The molecule has 2 heteroatoms. The average Bonchev–Trinajstić information content (AvgIpc) is 2.53. The molecule has 0 saturated heterocycles. The lowest BCUT2D eigenvalue weighted by atomic mass is 9.93. The van der Waals surface area contributed by atoms with Crippen molar-refractivity contribution in [1.82, 2.24) is 0 Å². The van der Waals surface area contributed by atoms with E-state index >= 15 is 0 Å². The Morgan fingerprint density at radius 1 is 0.750 bits per heavy atom. The predicted octanol–water partition coefficient (Wildman–Crippen LogP) is 5.62. The van der Waals surface area contributed by atoms with E-state index in [0.29, 0.717) is 6.04 Å². The molecule has 1 nitrogen and oxygen atoms in total. The van der Waals surface area contributed by atoms with Gasteiger partial charge in [-0.3, -0.25) is 0 Å². The standard InChI is InChI=1S/C18H19NS/c1-2-8-14(9-3-1)19-15-10-4-6-12-17(15)20-18-13-7-5-11-16(18)19/h4-7,10-14H,1-3,8-9H2. The van der Waals surface area contributed by atoms with Gasteiger partial charge in [-0.15, -0.1) is 0 Å². The van der Waals surface area contributed by atoms with Gasteiger partial charge in [0.25, 0.3) is 0 Å². The van der Waals surface area contributed by atoms with E-state index in [9.17, 15) is 0 Å². The third-order valence-electron chi connectivity index (χ3n) is 4.41. The van der Waals surface area contributed by atoms with E-state index < -0.39 is 0 Å². The first-order valence-corrected chi connectivity index (χ1v) is 8.40. The third kappa shape index (κ3) is 2.03. The molecule has 2 aromatic carbocycles. The zero-order chi connectivity index (χ0) is 13.4. The van der Waals surface area contributed by atoms with Crippen LogP contribution in [0.5, 0.6) is 0 Å². The Labute approximate surface area is 125 Å². The number of benzene rings is 2. The summed E-state index contributed by atoms with van der Waals surface area (Å²) in [5.74, 6) is 0. The molecular weight excluding hydrogens is 262 g/mol. The molecule has 4 rings (SSSR count). The summed E-state index contributed by atoms with van der Waals surface area (Å²) in [6, 6.07) is 18.4. The van der Waals surface area contributed by atoms with E-state index in [2.05, 4.69) is 53.4 Å². The number of para-hydroxylation sites is 2. The molecule has 0 N–H and O–H groups in total. The average molecular weight is 281 g/mol. The highest BCUT2D eigenvalue weighted by atomic mass is 32.2. The fourth-order valence-corrected chi connectivity index (χ4v) is 4.54. The first kappa shape index (κ1) is 12.3. The SMILES string of the molecule is c1ccc2c(c1)Sc1ccccc1N2C1CCCCC1. The highest BCUT2D eigenvalue weighted by molar-refractivity contribution is 7.99. The van der Waals surface area contributed by atoms with Gasteiger partial charge in [0.15, 0.2) is 0 Å². The molecule has 102 valence electrons. The first-order valence-electron chi connectivity index (χ1n) is 7.58. The lowest BCUT2D eigenvalue weighted by Crippen LogP contribution is -2.34. The summed E-state index contributed by atoms with van der Waals surface area (Å²) in [6.45, 7) is 0. The molecular formula is C18H19NS. The molecule has 0 amide bonds. The quantitative estimate of drug-likeness (QED) is 0.667. The maximum absolute atomic E-state index is 2.61. The van der Waals surface area contributed by atoms with Gasteiger partial charge in [-0.2, -0.15) is 0 Å². The fourth-order valence-electron chi connectivity index (χ4n) is 3.47. The number of anilines is 2. The molecule has 0 spiro atoms. The number of nitrogens with zero attached hydrogens (tertiary/aromatic N) is 1. The zero-order valence-electron chi connectivity index (χ0n) is 11.6. The molecule has 0 bridgehead atoms.